The molecule has 0 saturated carbocycles. The minimum atomic E-state index is -1.11. The van der Waals surface area contributed by atoms with Crippen molar-refractivity contribution in [2.45, 2.75) is 6.92 Å². The smallest absolute Gasteiger partial charge is 0.341 e. The molecule has 0 bridgehead atoms. The van der Waals surface area contributed by atoms with E-state index < -0.39 is 5.97 Å². The number of hydrogen-bond donors (Lipinski definition) is 2. The van der Waals surface area contributed by atoms with Crippen molar-refractivity contribution in [3.8, 4) is 0 Å². The molecule has 0 aliphatic rings. The van der Waals surface area contributed by atoms with E-state index in [2.05, 4.69) is 15.3 Å². The largest absolute Gasteiger partial charge is 0.477 e. The van der Waals surface area contributed by atoms with Crippen LogP contribution in [0.4, 0.5) is 11.5 Å². The summed E-state index contributed by atoms with van der Waals surface area (Å²) in [4.78, 5) is 18.6. The standard InChI is InChI=1S/C12H10ClN3O2/c1-7-3-2-4-8(5-7)15-10-9(11(17)18)6-14-12(13)16-10/h2-6H,1H3,(H,17,18)(H,14,15,16). The zero-order chi connectivity index (χ0) is 13.1. The number of carboxylic acid groups (broad SMARTS) is 1. The quantitative estimate of drug-likeness (QED) is 0.833. The second-order valence-corrected chi connectivity index (χ2v) is 4.04. The van der Waals surface area contributed by atoms with Gasteiger partial charge in [-0.1, -0.05) is 12.1 Å². The number of aryl methyl sites for hydroxylation is 1. The predicted molar refractivity (Wildman–Crippen MR) is 68.5 cm³/mol. The Morgan fingerprint density at radius 1 is 1.44 bits per heavy atom. The minimum absolute atomic E-state index is 0.00449. The lowest BCUT2D eigenvalue weighted by Crippen LogP contribution is -2.06. The highest BCUT2D eigenvalue weighted by Crippen LogP contribution is 2.20. The Bertz CT molecular complexity index is 602. The van der Waals surface area contributed by atoms with E-state index in [0.717, 1.165) is 11.3 Å². The van der Waals surface area contributed by atoms with Gasteiger partial charge in [0.15, 0.2) is 0 Å². The Labute approximate surface area is 108 Å². The van der Waals surface area contributed by atoms with Gasteiger partial charge in [0.05, 0.1) is 0 Å². The molecule has 1 heterocycles. The molecule has 0 radical (unpaired) electrons. The summed E-state index contributed by atoms with van der Waals surface area (Å²) in [5, 5.41) is 11.9. The van der Waals surface area contributed by atoms with Crippen LogP contribution in [0.25, 0.3) is 0 Å². The molecule has 1 aromatic carbocycles. The minimum Gasteiger partial charge on any atom is -0.477 e. The number of aromatic carboxylic acids is 1. The van der Waals surface area contributed by atoms with Crippen molar-refractivity contribution in [3.63, 3.8) is 0 Å². The molecule has 0 atom stereocenters. The van der Waals surface area contributed by atoms with E-state index in [4.69, 9.17) is 16.7 Å². The van der Waals surface area contributed by atoms with E-state index in [-0.39, 0.29) is 16.7 Å². The monoisotopic (exact) mass is 263 g/mol. The number of nitrogens with zero attached hydrogens (tertiary/aromatic N) is 2. The van der Waals surface area contributed by atoms with Crippen molar-refractivity contribution in [1.82, 2.24) is 9.97 Å². The maximum atomic E-state index is 11.0. The summed E-state index contributed by atoms with van der Waals surface area (Å²) in [6.45, 7) is 1.94. The van der Waals surface area contributed by atoms with Crippen LogP contribution >= 0.6 is 11.6 Å². The van der Waals surface area contributed by atoms with Gasteiger partial charge in [-0.05, 0) is 36.2 Å². The molecule has 0 spiro atoms. The molecule has 5 nitrogen and oxygen atoms in total. The summed E-state index contributed by atoms with van der Waals surface area (Å²) in [5.41, 5.74) is 1.77. The van der Waals surface area contributed by atoms with E-state index >= 15 is 0 Å². The molecule has 0 fully saturated rings. The molecule has 0 saturated heterocycles. The zero-order valence-electron chi connectivity index (χ0n) is 9.51. The molecule has 0 unspecified atom stereocenters. The van der Waals surface area contributed by atoms with Crippen molar-refractivity contribution < 1.29 is 9.90 Å². The third-order valence-electron chi connectivity index (χ3n) is 2.27. The first-order valence-electron chi connectivity index (χ1n) is 5.16. The Hall–Kier alpha value is -2.14. The number of carbonyl (C=O) groups is 1. The Morgan fingerprint density at radius 3 is 2.89 bits per heavy atom. The van der Waals surface area contributed by atoms with Crippen LogP contribution in [0.15, 0.2) is 30.5 Å². The lowest BCUT2D eigenvalue weighted by molar-refractivity contribution is 0.0697. The van der Waals surface area contributed by atoms with E-state index in [1.165, 1.54) is 6.20 Å². The van der Waals surface area contributed by atoms with Gasteiger partial charge in [-0.15, -0.1) is 0 Å². The molecule has 18 heavy (non-hydrogen) atoms. The van der Waals surface area contributed by atoms with Crippen LogP contribution in [0.1, 0.15) is 15.9 Å². The van der Waals surface area contributed by atoms with Gasteiger partial charge in [0.2, 0.25) is 5.28 Å². The van der Waals surface area contributed by atoms with Crippen molar-refractivity contribution in [1.29, 1.82) is 0 Å². The Balaban J connectivity index is 2.39. The van der Waals surface area contributed by atoms with E-state index in [0.29, 0.717) is 0 Å². The number of aromatic nitrogens is 2. The third kappa shape index (κ3) is 2.75. The third-order valence-corrected chi connectivity index (χ3v) is 2.45. The maximum absolute atomic E-state index is 11.0. The van der Waals surface area contributed by atoms with Crippen LogP contribution in [0.3, 0.4) is 0 Å². The first kappa shape index (κ1) is 12.3. The van der Waals surface area contributed by atoms with Gasteiger partial charge in [0.25, 0.3) is 0 Å². The molecule has 0 amide bonds. The molecular formula is C12H10ClN3O2. The summed E-state index contributed by atoms with van der Waals surface area (Å²) in [6, 6.07) is 7.49. The van der Waals surface area contributed by atoms with Gasteiger partial charge in [0, 0.05) is 11.9 Å². The zero-order valence-corrected chi connectivity index (χ0v) is 10.3. The molecule has 2 N–H and O–H groups in total. The molecule has 2 rings (SSSR count). The van der Waals surface area contributed by atoms with Crippen LogP contribution < -0.4 is 5.32 Å². The van der Waals surface area contributed by atoms with E-state index in [9.17, 15) is 4.79 Å². The highest BCUT2D eigenvalue weighted by atomic mass is 35.5. The number of nitrogens with one attached hydrogen (secondary N) is 1. The van der Waals surface area contributed by atoms with Crippen LogP contribution in [-0.2, 0) is 0 Å². The van der Waals surface area contributed by atoms with E-state index in [1.54, 1.807) is 0 Å². The van der Waals surface area contributed by atoms with Crippen molar-refractivity contribution in [2.75, 3.05) is 5.32 Å². The predicted octanol–water partition coefficient (Wildman–Crippen LogP) is 2.88. The highest BCUT2D eigenvalue weighted by Gasteiger charge is 2.13. The number of halogens is 1. The van der Waals surface area contributed by atoms with Crippen molar-refractivity contribution in [2.24, 2.45) is 0 Å². The SMILES string of the molecule is Cc1cccc(Nc2nc(Cl)ncc2C(=O)O)c1. The molecule has 6 heteroatoms. The summed E-state index contributed by atoms with van der Waals surface area (Å²) in [5.74, 6) is -0.935. The summed E-state index contributed by atoms with van der Waals surface area (Å²) >= 11 is 5.66. The lowest BCUT2D eigenvalue weighted by atomic mass is 10.2. The van der Waals surface area contributed by atoms with Gasteiger partial charge < -0.3 is 10.4 Å². The van der Waals surface area contributed by atoms with Gasteiger partial charge in [-0.25, -0.2) is 9.78 Å². The number of rotatable bonds is 3. The number of hydrogen-bond acceptors (Lipinski definition) is 4. The van der Waals surface area contributed by atoms with Crippen LogP contribution in [0.2, 0.25) is 5.28 Å². The summed E-state index contributed by atoms with van der Waals surface area (Å²) < 4.78 is 0. The summed E-state index contributed by atoms with van der Waals surface area (Å²) in [6.07, 6.45) is 1.18. The molecule has 92 valence electrons. The van der Waals surface area contributed by atoms with Gasteiger partial charge in [0.1, 0.15) is 11.4 Å². The number of benzene rings is 1. The number of carboxylic acids is 1. The fourth-order valence-corrected chi connectivity index (χ4v) is 1.60. The van der Waals surface area contributed by atoms with Crippen LogP contribution in [0, 0.1) is 6.92 Å². The highest BCUT2D eigenvalue weighted by molar-refractivity contribution is 6.28. The normalized spacial score (nSPS) is 10.1. The Morgan fingerprint density at radius 2 is 2.22 bits per heavy atom. The average molecular weight is 264 g/mol. The second-order valence-electron chi connectivity index (χ2n) is 3.70. The molecule has 0 aliphatic carbocycles. The van der Waals surface area contributed by atoms with Crippen LogP contribution in [-0.4, -0.2) is 21.0 Å². The van der Waals surface area contributed by atoms with Crippen molar-refractivity contribution >= 4 is 29.1 Å². The number of anilines is 2. The topological polar surface area (TPSA) is 75.1 Å². The lowest BCUT2D eigenvalue weighted by Gasteiger charge is -2.08. The summed E-state index contributed by atoms with van der Waals surface area (Å²) in [7, 11) is 0. The molecule has 1 aromatic heterocycles. The Kier molecular flexibility index (Phi) is 3.43. The fraction of sp³-hybridized carbons (Fsp3) is 0.0833. The van der Waals surface area contributed by atoms with Gasteiger partial charge in [-0.2, -0.15) is 4.98 Å². The average Bonchev–Trinajstić information content (AvgIpc) is 2.28. The fourth-order valence-electron chi connectivity index (χ4n) is 1.47. The van der Waals surface area contributed by atoms with Crippen molar-refractivity contribution in [3.05, 3.63) is 46.9 Å². The van der Waals surface area contributed by atoms with Crippen LogP contribution in [0.5, 0.6) is 0 Å². The first-order valence-corrected chi connectivity index (χ1v) is 5.53. The van der Waals surface area contributed by atoms with Gasteiger partial charge >= 0.3 is 5.97 Å². The second kappa shape index (κ2) is 5.01. The maximum Gasteiger partial charge on any atom is 0.341 e. The first-order chi connectivity index (χ1) is 8.56. The van der Waals surface area contributed by atoms with E-state index in [1.807, 2.05) is 31.2 Å². The van der Waals surface area contributed by atoms with Gasteiger partial charge in [-0.3, -0.25) is 0 Å². The molecule has 0 aliphatic heterocycles. The molecule has 2 aromatic rings. The molecular weight excluding hydrogens is 254 g/mol.